The van der Waals surface area contributed by atoms with Crippen molar-refractivity contribution in [1.29, 1.82) is 0 Å². The quantitative estimate of drug-likeness (QED) is 0.202. The van der Waals surface area contributed by atoms with Crippen LogP contribution in [0.2, 0.25) is 19.1 Å². The molecule has 0 unspecified atom stereocenters. The number of ether oxygens (including phenoxy) is 5. The number of benzene rings is 1. The molecule has 49 heavy (non-hydrogen) atoms. The Morgan fingerprint density at radius 3 is 2.10 bits per heavy atom. The third kappa shape index (κ3) is 10.0. The zero-order valence-electron chi connectivity index (χ0n) is 30.6. The van der Waals surface area contributed by atoms with Crippen molar-refractivity contribution < 1.29 is 37.7 Å². The van der Waals surface area contributed by atoms with Gasteiger partial charge in [0.25, 0.3) is 11.9 Å². The topological polar surface area (TPSA) is 147 Å². The third-order valence-electron chi connectivity index (χ3n) is 7.88. The van der Waals surface area contributed by atoms with Gasteiger partial charge in [-0.25, -0.2) is 4.79 Å². The van der Waals surface area contributed by atoms with E-state index in [0.29, 0.717) is 37.4 Å². The van der Waals surface area contributed by atoms with Gasteiger partial charge in [-0.05, 0) is 63.3 Å². The molecule has 2 N–H and O–H groups in total. The number of rotatable bonds is 11. The number of amides is 2. The molecule has 2 aromatic heterocycles. The number of nitrogens with one attached hydrogen (secondary N) is 2. The summed E-state index contributed by atoms with van der Waals surface area (Å²) in [5.41, 5.74) is -0.224. The lowest BCUT2D eigenvalue weighted by Crippen LogP contribution is -2.44. The Kier molecular flexibility index (Phi) is 11.4. The molecule has 0 atom stereocenters. The van der Waals surface area contributed by atoms with Gasteiger partial charge in [0.05, 0.1) is 29.4 Å². The van der Waals surface area contributed by atoms with Crippen LogP contribution in [0.5, 0.6) is 29.2 Å². The summed E-state index contributed by atoms with van der Waals surface area (Å²) in [5, 5.41) is 7.27. The highest BCUT2D eigenvalue weighted by atomic mass is 28.3. The van der Waals surface area contributed by atoms with Gasteiger partial charge in [-0.2, -0.15) is 9.97 Å². The Hall–Kier alpha value is -4.46. The molecule has 14 heteroatoms. The predicted molar refractivity (Wildman–Crippen MR) is 191 cm³/mol. The van der Waals surface area contributed by atoms with Gasteiger partial charge in [0.2, 0.25) is 17.7 Å². The molecule has 0 saturated carbocycles. The van der Waals surface area contributed by atoms with Crippen LogP contribution in [0.4, 0.5) is 16.4 Å². The first-order valence-corrected chi connectivity index (χ1v) is 19.6. The number of hydrogen-bond donors (Lipinski definition) is 2. The number of methoxy groups -OCH3 is 3. The number of carbonyl (C=O) groups excluding carboxylic acids is 2. The van der Waals surface area contributed by atoms with Gasteiger partial charge in [0.15, 0.2) is 22.9 Å². The fourth-order valence-corrected chi connectivity index (χ4v) is 9.90. The Labute approximate surface area is 290 Å². The number of furan rings is 1. The Bertz CT molecular complexity index is 1600. The largest absolute Gasteiger partial charge is 0.493 e. The molecule has 0 aliphatic carbocycles. The summed E-state index contributed by atoms with van der Waals surface area (Å²) < 4.78 is 34.0. The average Bonchev–Trinajstić information content (AvgIpc) is 3.48. The van der Waals surface area contributed by atoms with Crippen molar-refractivity contribution in [3.05, 3.63) is 36.1 Å². The van der Waals surface area contributed by atoms with E-state index in [1.165, 1.54) is 25.5 Å². The minimum absolute atomic E-state index is 0.00121. The third-order valence-corrected chi connectivity index (χ3v) is 11.7. The van der Waals surface area contributed by atoms with Crippen molar-refractivity contribution in [2.24, 2.45) is 5.41 Å². The van der Waals surface area contributed by atoms with E-state index in [4.69, 9.17) is 28.1 Å². The second-order valence-corrected chi connectivity index (χ2v) is 19.7. The Balaban J connectivity index is 1.45. The molecule has 0 bridgehead atoms. The molecule has 2 amide bonds. The lowest BCUT2D eigenvalue weighted by atomic mass is 10.0. The standard InChI is InChI=1S/C35H51N5O8Si/c1-34(2,3)21-49(10,11)23-12-13-24(43-7)26(20-23)47-27-15-14-25(46-27)29(41)37-28-30(44-8)38-32(39-31(28)45-9)36-22-16-18-40(19-17-22)33(42)48-35(4,5)6/h12-15,20,22H,16-19,21H2,1-11H3,(H,37,41)(H,36,38,39). The maximum absolute atomic E-state index is 13.3. The second-order valence-electron chi connectivity index (χ2n) is 15.0. The summed E-state index contributed by atoms with van der Waals surface area (Å²) in [6, 6.07) is 10.2. The minimum atomic E-state index is -1.79. The average molecular weight is 698 g/mol. The molecule has 1 aliphatic heterocycles. The van der Waals surface area contributed by atoms with Crippen LogP contribution in [-0.2, 0) is 4.74 Å². The fourth-order valence-electron chi connectivity index (χ4n) is 5.99. The van der Waals surface area contributed by atoms with Gasteiger partial charge in [0, 0.05) is 25.2 Å². The molecule has 4 rings (SSSR count). The fraction of sp³-hybridized carbons (Fsp3) is 0.543. The first-order valence-electron chi connectivity index (χ1n) is 16.4. The number of hydrogen-bond acceptors (Lipinski definition) is 11. The summed E-state index contributed by atoms with van der Waals surface area (Å²) >= 11 is 0. The summed E-state index contributed by atoms with van der Waals surface area (Å²) in [5.74, 6) is 1.07. The summed E-state index contributed by atoms with van der Waals surface area (Å²) in [7, 11) is 2.66. The molecule has 1 saturated heterocycles. The maximum atomic E-state index is 13.3. The molecule has 13 nitrogen and oxygen atoms in total. The molecule has 0 radical (unpaired) electrons. The molecular formula is C35H51N5O8Si. The maximum Gasteiger partial charge on any atom is 0.410 e. The number of aromatic nitrogens is 2. The van der Waals surface area contributed by atoms with E-state index >= 15 is 0 Å². The smallest absolute Gasteiger partial charge is 0.410 e. The van der Waals surface area contributed by atoms with Gasteiger partial charge in [0.1, 0.15) is 5.60 Å². The van der Waals surface area contributed by atoms with Gasteiger partial charge in [-0.1, -0.05) is 45.1 Å². The van der Waals surface area contributed by atoms with Crippen LogP contribution in [0, 0.1) is 5.41 Å². The van der Waals surface area contributed by atoms with Crippen LogP contribution >= 0.6 is 0 Å². The molecule has 3 aromatic rings. The summed E-state index contributed by atoms with van der Waals surface area (Å²) in [6.45, 7) is 18.0. The van der Waals surface area contributed by atoms with Crippen LogP contribution in [0.15, 0.2) is 34.7 Å². The lowest BCUT2D eigenvalue weighted by molar-refractivity contribution is 0.0210. The molecule has 0 spiro atoms. The normalized spacial score (nSPS) is 14.2. The zero-order valence-corrected chi connectivity index (χ0v) is 31.6. The zero-order chi connectivity index (χ0) is 36.1. The second kappa shape index (κ2) is 15.0. The van der Waals surface area contributed by atoms with E-state index in [0.717, 1.165) is 6.04 Å². The number of anilines is 2. The number of nitrogens with zero attached hydrogens (tertiary/aromatic N) is 3. The van der Waals surface area contributed by atoms with Crippen molar-refractivity contribution in [2.45, 2.75) is 85.2 Å². The molecular weight excluding hydrogens is 646 g/mol. The van der Waals surface area contributed by atoms with E-state index < -0.39 is 19.6 Å². The van der Waals surface area contributed by atoms with E-state index in [1.54, 1.807) is 18.1 Å². The predicted octanol–water partition coefficient (Wildman–Crippen LogP) is 6.91. The summed E-state index contributed by atoms with van der Waals surface area (Å²) in [6.07, 6.45) is 1.01. The summed E-state index contributed by atoms with van der Waals surface area (Å²) in [4.78, 5) is 36.4. The minimum Gasteiger partial charge on any atom is -0.493 e. The van der Waals surface area contributed by atoms with E-state index in [2.05, 4.69) is 60.5 Å². The Morgan fingerprint density at radius 2 is 1.55 bits per heavy atom. The Morgan fingerprint density at radius 1 is 0.918 bits per heavy atom. The lowest BCUT2D eigenvalue weighted by Gasteiger charge is -2.33. The number of piperidine rings is 1. The van der Waals surface area contributed by atoms with E-state index in [1.807, 2.05) is 32.9 Å². The molecule has 1 fully saturated rings. The van der Waals surface area contributed by atoms with Crippen molar-refractivity contribution in [1.82, 2.24) is 14.9 Å². The highest BCUT2D eigenvalue weighted by Gasteiger charge is 2.31. The van der Waals surface area contributed by atoms with Gasteiger partial charge in [-0.3, -0.25) is 4.79 Å². The van der Waals surface area contributed by atoms with Gasteiger partial charge < -0.3 is 43.6 Å². The van der Waals surface area contributed by atoms with Crippen molar-refractivity contribution in [3.63, 3.8) is 0 Å². The highest BCUT2D eigenvalue weighted by Crippen LogP contribution is 2.36. The van der Waals surface area contributed by atoms with Crippen LogP contribution in [0.1, 0.15) is 64.9 Å². The van der Waals surface area contributed by atoms with Crippen LogP contribution in [-0.4, -0.2) is 81.0 Å². The molecule has 3 heterocycles. The van der Waals surface area contributed by atoms with Crippen molar-refractivity contribution in [2.75, 3.05) is 45.1 Å². The highest BCUT2D eigenvalue weighted by molar-refractivity contribution is 6.89. The molecule has 1 aliphatic rings. The van der Waals surface area contributed by atoms with Crippen molar-refractivity contribution >= 4 is 36.9 Å². The van der Waals surface area contributed by atoms with Crippen LogP contribution in [0.3, 0.4) is 0 Å². The SMILES string of the molecule is COc1ccc([Si](C)(C)CC(C)(C)C)cc1Oc1ccc(C(=O)Nc2c(OC)nc(NC3CCN(C(=O)OC(C)(C)C)CC3)nc2OC)o1. The van der Waals surface area contributed by atoms with E-state index in [9.17, 15) is 9.59 Å². The molecule has 1 aromatic carbocycles. The monoisotopic (exact) mass is 697 g/mol. The van der Waals surface area contributed by atoms with Crippen molar-refractivity contribution in [3.8, 4) is 29.2 Å². The molecule has 268 valence electrons. The van der Waals surface area contributed by atoms with Gasteiger partial charge >= 0.3 is 6.09 Å². The van der Waals surface area contributed by atoms with Gasteiger partial charge in [-0.15, -0.1) is 0 Å². The first kappa shape index (κ1) is 37.4. The number of carbonyl (C=O) groups is 2. The first-order chi connectivity index (χ1) is 22.9. The van der Waals surface area contributed by atoms with Crippen LogP contribution < -0.4 is 34.8 Å². The van der Waals surface area contributed by atoms with E-state index in [-0.39, 0.29) is 52.7 Å². The number of likely N-dealkylation sites (tertiary alicyclic amines) is 1. The van der Waals surface area contributed by atoms with Crippen LogP contribution in [0.25, 0.3) is 0 Å².